The molecule has 13 heteroatoms. The molecule has 0 amide bonds. The van der Waals surface area contributed by atoms with E-state index in [4.69, 9.17) is 4.21 Å². The zero-order chi connectivity index (χ0) is 21.3. The predicted molar refractivity (Wildman–Crippen MR) is 98.2 cm³/mol. The molecule has 2 aromatic carbocycles. The Kier molecular flexibility index (Phi) is 14.5. The first-order valence-electron chi connectivity index (χ1n) is 7.85. The van der Waals surface area contributed by atoms with Gasteiger partial charge in [0.1, 0.15) is 5.75 Å². The van der Waals surface area contributed by atoms with Gasteiger partial charge in [-0.1, -0.05) is 30.3 Å². The second-order valence-corrected chi connectivity index (χ2v) is 6.45. The molecule has 3 rings (SSSR count). The molecular formula is C18H13NNa2O8S2. The standard InChI is InChI=1S/C18H15NO7S.2Na.OS/c20-26-24-15-8-4-13(5-9-15)18(17-3-1-2-12-19-17)14-6-10-16(11-7-14)25-27(21,22)23;;;1-2/h1-12,18,20H,(H,21,22,23);;;/q;2*+1;/p-2. The van der Waals surface area contributed by atoms with Crippen molar-refractivity contribution < 1.29 is 95.7 Å². The van der Waals surface area contributed by atoms with Crippen LogP contribution >= 0.6 is 0 Å². The summed E-state index contributed by atoms with van der Waals surface area (Å²) in [7, 11) is -4.84. The fourth-order valence-electron chi connectivity index (χ4n) is 2.67. The van der Waals surface area contributed by atoms with Gasteiger partial charge >= 0.3 is 59.1 Å². The number of rotatable bonds is 7. The summed E-state index contributed by atoms with van der Waals surface area (Å²) in [5.74, 6) is -0.117. The van der Waals surface area contributed by atoms with Gasteiger partial charge in [0, 0.05) is 6.20 Å². The van der Waals surface area contributed by atoms with Crippen molar-refractivity contribution in [3.05, 3.63) is 89.7 Å². The molecule has 0 aliphatic carbocycles. The molecular weight excluding hydrogens is 468 g/mol. The molecule has 3 aromatic rings. The van der Waals surface area contributed by atoms with Crippen LogP contribution in [0.25, 0.3) is 0 Å². The van der Waals surface area contributed by atoms with Crippen LogP contribution in [0.2, 0.25) is 0 Å². The minimum atomic E-state index is -4.84. The van der Waals surface area contributed by atoms with Crippen LogP contribution in [-0.2, 0) is 28.0 Å². The summed E-state index contributed by atoms with van der Waals surface area (Å²) < 4.78 is 44.3. The minimum Gasteiger partial charge on any atom is -0.716 e. The molecule has 9 nitrogen and oxygen atoms in total. The van der Waals surface area contributed by atoms with Gasteiger partial charge in [-0.05, 0) is 47.5 Å². The Morgan fingerprint density at radius 1 is 0.839 bits per heavy atom. The Bertz CT molecular complexity index is 1010. The number of benzene rings is 2. The summed E-state index contributed by atoms with van der Waals surface area (Å²) in [6.45, 7) is 0. The van der Waals surface area contributed by atoms with Gasteiger partial charge in [0.05, 0.1) is 11.6 Å². The molecule has 1 aromatic heterocycles. The van der Waals surface area contributed by atoms with Crippen molar-refractivity contribution >= 4 is 22.9 Å². The SMILES string of the molecule is O=S.O=S(=O)([O-])Oc1ccc(C(c2ccc(OO[O-])cc2)c2ccccn2)cc1.[Na+].[Na+]. The van der Waals surface area contributed by atoms with Crippen LogP contribution in [0.15, 0.2) is 72.9 Å². The topological polar surface area (TPSA) is 138 Å². The first-order chi connectivity index (χ1) is 14.0. The summed E-state index contributed by atoms with van der Waals surface area (Å²) in [5.41, 5.74) is 2.38. The third-order valence-corrected chi connectivity index (χ3v) is 4.14. The van der Waals surface area contributed by atoms with Crippen molar-refractivity contribution in [2.24, 2.45) is 0 Å². The first-order valence-corrected chi connectivity index (χ1v) is 9.52. The molecule has 0 N–H and O–H groups in total. The number of pyridine rings is 1. The first kappa shape index (κ1) is 30.0. The van der Waals surface area contributed by atoms with E-state index < -0.39 is 10.4 Å². The van der Waals surface area contributed by atoms with Crippen LogP contribution in [-0.4, -0.2) is 22.2 Å². The van der Waals surface area contributed by atoms with E-state index in [-0.39, 0.29) is 76.5 Å². The Hall–Kier alpha value is -0.960. The quantitative estimate of drug-likeness (QED) is 0.106. The average Bonchev–Trinajstić information content (AvgIpc) is 2.72. The monoisotopic (exact) mass is 481 g/mol. The molecule has 0 saturated carbocycles. The van der Waals surface area contributed by atoms with Crippen LogP contribution < -0.4 is 73.4 Å². The van der Waals surface area contributed by atoms with Gasteiger partial charge in [-0.2, -0.15) is 4.21 Å². The van der Waals surface area contributed by atoms with Crippen molar-refractivity contribution in [3.8, 4) is 11.5 Å². The Labute approximate surface area is 228 Å². The van der Waals surface area contributed by atoms with Crippen molar-refractivity contribution in [2.75, 3.05) is 0 Å². The summed E-state index contributed by atoms with van der Waals surface area (Å²) >= 11 is 2.83. The summed E-state index contributed by atoms with van der Waals surface area (Å²) in [6, 6.07) is 18.2. The molecule has 0 bridgehead atoms. The number of hydrogen-bond donors (Lipinski definition) is 0. The molecule has 31 heavy (non-hydrogen) atoms. The van der Waals surface area contributed by atoms with Gasteiger partial charge in [-0.3, -0.25) is 4.98 Å². The van der Waals surface area contributed by atoms with E-state index in [1.54, 1.807) is 48.7 Å². The van der Waals surface area contributed by atoms with Crippen LogP contribution in [0.1, 0.15) is 22.7 Å². The van der Waals surface area contributed by atoms with Gasteiger partial charge in [0.15, 0.2) is 18.3 Å². The van der Waals surface area contributed by atoms with Crippen LogP contribution in [0, 0.1) is 0 Å². The molecule has 0 spiro atoms. The summed E-state index contributed by atoms with van der Waals surface area (Å²) in [6.07, 6.45) is 1.66. The van der Waals surface area contributed by atoms with Gasteiger partial charge in [0.2, 0.25) is 0 Å². The third-order valence-electron chi connectivity index (χ3n) is 3.74. The van der Waals surface area contributed by atoms with E-state index in [9.17, 15) is 18.2 Å². The molecule has 0 saturated heterocycles. The Morgan fingerprint density at radius 3 is 1.77 bits per heavy atom. The normalized spacial score (nSPS) is 10.9. The van der Waals surface area contributed by atoms with E-state index in [1.165, 1.54) is 12.1 Å². The fourth-order valence-corrected chi connectivity index (χ4v) is 3.02. The molecule has 0 fully saturated rings. The molecule has 1 unspecified atom stereocenters. The van der Waals surface area contributed by atoms with Crippen LogP contribution in [0.5, 0.6) is 11.5 Å². The summed E-state index contributed by atoms with van der Waals surface area (Å²) in [4.78, 5) is 8.83. The molecule has 1 heterocycles. The third kappa shape index (κ3) is 9.60. The van der Waals surface area contributed by atoms with Crippen molar-refractivity contribution in [1.82, 2.24) is 4.98 Å². The maximum absolute atomic E-state index is 10.7. The van der Waals surface area contributed by atoms with Gasteiger partial charge < -0.3 is 18.9 Å². The smallest absolute Gasteiger partial charge is 0.716 e. The van der Waals surface area contributed by atoms with E-state index >= 15 is 0 Å². The zero-order valence-corrected chi connectivity index (χ0v) is 22.2. The molecule has 1 atom stereocenters. The fraction of sp³-hybridized carbons (Fsp3) is 0.0556. The van der Waals surface area contributed by atoms with Crippen molar-refractivity contribution in [2.45, 2.75) is 5.92 Å². The van der Waals surface area contributed by atoms with Crippen LogP contribution in [0.3, 0.4) is 0 Å². The van der Waals surface area contributed by atoms with E-state index in [2.05, 4.69) is 31.6 Å². The maximum Gasteiger partial charge on any atom is 1.00 e. The minimum absolute atomic E-state index is 0. The molecule has 0 radical (unpaired) electrons. The Balaban J connectivity index is 0.00000219. The average molecular weight is 481 g/mol. The van der Waals surface area contributed by atoms with E-state index in [1.807, 2.05) is 12.1 Å². The zero-order valence-electron chi connectivity index (χ0n) is 16.5. The largest absolute Gasteiger partial charge is 1.00 e. The predicted octanol–water partition coefficient (Wildman–Crippen LogP) is -4.64. The van der Waals surface area contributed by atoms with Gasteiger partial charge in [0.25, 0.3) is 10.4 Å². The maximum atomic E-state index is 10.7. The van der Waals surface area contributed by atoms with Crippen molar-refractivity contribution in [1.29, 1.82) is 0 Å². The molecule has 0 aliphatic rings. The van der Waals surface area contributed by atoms with Crippen molar-refractivity contribution in [3.63, 3.8) is 0 Å². The van der Waals surface area contributed by atoms with E-state index in [0.717, 1.165) is 16.8 Å². The van der Waals surface area contributed by atoms with Crippen LogP contribution in [0.4, 0.5) is 0 Å². The number of aromatic nitrogens is 1. The molecule has 152 valence electrons. The second kappa shape index (κ2) is 15.0. The Morgan fingerprint density at radius 2 is 1.35 bits per heavy atom. The number of hydrogen-bond acceptors (Lipinski definition) is 10. The summed E-state index contributed by atoms with van der Waals surface area (Å²) in [5, 5.41) is 13.5. The van der Waals surface area contributed by atoms with Gasteiger partial charge in [-0.15, -0.1) is 0 Å². The molecule has 0 aliphatic heterocycles. The van der Waals surface area contributed by atoms with Gasteiger partial charge in [-0.25, -0.2) is 13.5 Å². The second-order valence-electron chi connectivity index (χ2n) is 5.47. The number of nitrogens with zero attached hydrogens (tertiary/aromatic N) is 1. The van der Waals surface area contributed by atoms with E-state index in [0.29, 0.717) is 0 Å².